The number of anilines is 1. The van der Waals surface area contributed by atoms with E-state index in [4.69, 9.17) is 0 Å². The van der Waals surface area contributed by atoms with Crippen molar-refractivity contribution in [1.82, 2.24) is 25.4 Å². The predicted octanol–water partition coefficient (Wildman–Crippen LogP) is 3.77. The topological polar surface area (TPSA) is 87.7 Å². The minimum atomic E-state index is -3.19. The number of aromatic nitrogens is 5. The van der Waals surface area contributed by atoms with Crippen LogP contribution in [-0.2, 0) is 11.2 Å². The lowest BCUT2D eigenvalue weighted by Crippen LogP contribution is -2.42. The molecule has 0 radical (unpaired) electrons. The number of carbonyl (C=O) groups is 1. The summed E-state index contributed by atoms with van der Waals surface area (Å²) in [6, 6.07) is 1.91. The van der Waals surface area contributed by atoms with Crippen molar-refractivity contribution in [2.45, 2.75) is 32.6 Å². The average molecular weight is 434 g/mol. The first-order chi connectivity index (χ1) is 14.9. The van der Waals surface area contributed by atoms with E-state index in [1.807, 2.05) is 6.92 Å². The van der Waals surface area contributed by atoms with Crippen molar-refractivity contribution in [1.29, 1.82) is 0 Å². The predicted molar refractivity (Wildman–Crippen MR) is 102 cm³/mol. The summed E-state index contributed by atoms with van der Waals surface area (Å²) in [7, 11) is 0. The molecule has 1 atom stereocenters. The van der Waals surface area contributed by atoms with E-state index in [0.29, 0.717) is 30.8 Å². The molecule has 3 heterocycles. The number of hydrogen-bond donors (Lipinski definition) is 1. The normalized spacial score (nSPS) is 16.9. The van der Waals surface area contributed by atoms with E-state index in [0.717, 1.165) is 17.7 Å². The Morgan fingerprint density at radius 2 is 2.00 bits per heavy atom. The number of aryl methyl sites for hydroxylation is 1. The van der Waals surface area contributed by atoms with Crippen LogP contribution in [0.3, 0.4) is 0 Å². The van der Waals surface area contributed by atoms with Gasteiger partial charge in [-0.25, -0.2) is 22.7 Å². The summed E-state index contributed by atoms with van der Waals surface area (Å²) in [4.78, 5) is 18.8. The molecule has 31 heavy (non-hydrogen) atoms. The number of nitrogens with zero attached hydrogens (tertiary/aromatic N) is 5. The van der Waals surface area contributed by atoms with Gasteiger partial charge in [0.1, 0.15) is 0 Å². The van der Waals surface area contributed by atoms with Gasteiger partial charge in [0, 0.05) is 18.0 Å². The van der Waals surface area contributed by atoms with Gasteiger partial charge in [-0.05, 0) is 43.4 Å². The van der Waals surface area contributed by atoms with Crippen molar-refractivity contribution in [3.63, 3.8) is 0 Å². The van der Waals surface area contributed by atoms with Crippen LogP contribution < -0.4 is 4.90 Å². The molecule has 162 valence electrons. The third-order valence-corrected chi connectivity index (χ3v) is 5.36. The number of amides is 1. The summed E-state index contributed by atoms with van der Waals surface area (Å²) >= 11 is 0. The Hall–Kier alpha value is -3.37. The minimum absolute atomic E-state index is 0.0779. The van der Waals surface area contributed by atoms with Crippen LogP contribution >= 0.6 is 0 Å². The number of H-pyrrole nitrogens is 1. The van der Waals surface area contributed by atoms with Gasteiger partial charge in [-0.15, -0.1) is 0 Å². The average Bonchev–Trinajstić information content (AvgIpc) is 3.22. The molecule has 0 saturated carbocycles. The van der Waals surface area contributed by atoms with Crippen molar-refractivity contribution in [3.8, 4) is 11.4 Å². The van der Waals surface area contributed by atoms with E-state index in [1.54, 1.807) is 6.20 Å². The van der Waals surface area contributed by atoms with Gasteiger partial charge in [0.15, 0.2) is 17.5 Å². The quantitative estimate of drug-likeness (QED) is 0.618. The maximum absolute atomic E-state index is 13.9. The summed E-state index contributed by atoms with van der Waals surface area (Å²) in [5, 5.41) is 14.5. The maximum Gasteiger partial charge on any atom is 0.267 e. The maximum atomic E-state index is 13.9. The van der Waals surface area contributed by atoms with Gasteiger partial charge < -0.3 is 0 Å². The zero-order valence-corrected chi connectivity index (χ0v) is 16.4. The van der Waals surface area contributed by atoms with Crippen molar-refractivity contribution >= 4 is 11.9 Å². The van der Waals surface area contributed by atoms with Crippen LogP contribution in [0, 0.1) is 24.5 Å². The lowest BCUT2D eigenvalue weighted by molar-refractivity contribution is -0.123. The molecule has 1 fully saturated rings. The molecule has 7 nitrogen and oxygen atoms in total. The fraction of sp³-hybridized carbons (Fsp3) is 0.350. The van der Waals surface area contributed by atoms with Gasteiger partial charge in [0.2, 0.25) is 11.9 Å². The molecule has 1 saturated heterocycles. The lowest BCUT2D eigenvalue weighted by Gasteiger charge is -2.30. The summed E-state index contributed by atoms with van der Waals surface area (Å²) < 4.78 is 54.0. The Bertz CT molecular complexity index is 1120. The van der Waals surface area contributed by atoms with Crippen LogP contribution in [0.25, 0.3) is 11.4 Å². The van der Waals surface area contributed by atoms with Gasteiger partial charge in [0.25, 0.3) is 6.43 Å². The van der Waals surface area contributed by atoms with Crippen LogP contribution in [0.4, 0.5) is 23.5 Å². The zero-order valence-electron chi connectivity index (χ0n) is 16.4. The second-order valence-corrected chi connectivity index (χ2v) is 7.34. The number of piperidine rings is 1. The standard InChI is InChI=1S/C20H18F4N6O/c1-10-8-25-26-9-13(10)18-27-20(29-28-18)30-6-2-3-12(19(30)31)7-11-4-5-14(21)16(22)15(11)17(23)24/h4-5,8-9,12,17H,2-3,6-7H2,1H3,(H,27,28,29)/t12-/m1/s1. The second kappa shape index (κ2) is 8.40. The molecule has 1 aliphatic rings. The number of nitrogens with one attached hydrogen (secondary N) is 1. The van der Waals surface area contributed by atoms with Crippen molar-refractivity contribution in [2.24, 2.45) is 5.92 Å². The third kappa shape index (κ3) is 3.99. The molecule has 11 heteroatoms. The monoisotopic (exact) mass is 434 g/mol. The molecule has 2 aromatic heterocycles. The largest absolute Gasteiger partial charge is 0.281 e. The fourth-order valence-corrected chi connectivity index (χ4v) is 3.75. The first-order valence-electron chi connectivity index (χ1n) is 9.63. The molecule has 1 aromatic carbocycles. The van der Waals surface area contributed by atoms with Crippen LogP contribution in [0.2, 0.25) is 0 Å². The summed E-state index contributed by atoms with van der Waals surface area (Å²) in [5.74, 6) is -3.37. The number of rotatable bonds is 5. The summed E-state index contributed by atoms with van der Waals surface area (Å²) in [6.45, 7) is 2.20. The third-order valence-electron chi connectivity index (χ3n) is 5.36. The van der Waals surface area contributed by atoms with Gasteiger partial charge in [0.05, 0.1) is 18.0 Å². The molecule has 0 unspecified atom stereocenters. The smallest absolute Gasteiger partial charge is 0.267 e. The lowest BCUT2D eigenvalue weighted by atomic mass is 9.88. The number of halogens is 4. The van der Waals surface area contributed by atoms with Crippen molar-refractivity contribution in [3.05, 3.63) is 52.9 Å². The Balaban J connectivity index is 1.58. The highest BCUT2D eigenvalue weighted by Gasteiger charge is 2.33. The van der Waals surface area contributed by atoms with E-state index in [9.17, 15) is 22.4 Å². The first-order valence-corrected chi connectivity index (χ1v) is 9.63. The zero-order chi connectivity index (χ0) is 22.1. The Morgan fingerprint density at radius 1 is 1.23 bits per heavy atom. The number of aromatic amines is 1. The number of carbonyl (C=O) groups excluding carboxylic acids is 1. The number of benzene rings is 1. The van der Waals surface area contributed by atoms with Crippen LogP contribution in [-0.4, -0.2) is 37.8 Å². The molecule has 0 spiro atoms. The minimum Gasteiger partial charge on any atom is -0.281 e. The molecular formula is C20H18F4N6O. The highest BCUT2D eigenvalue weighted by molar-refractivity contribution is 5.94. The molecule has 3 aromatic rings. The Kier molecular flexibility index (Phi) is 5.66. The van der Waals surface area contributed by atoms with E-state index in [2.05, 4.69) is 25.4 Å². The highest BCUT2D eigenvalue weighted by atomic mass is 19.3. The first kappa shape index (κ1) is 20.9. The molecular weight excluding hydrogens is 416 g/mol. The number of alkyl halides is 2. The van der Waals surface area contributed by atoms with E-state index in [1.165, 1.54) is 11.1 Å². The van der Waals surface area contributed by atoms with E-state index < -0.39 is 29.5 Å². The molecule has 1 amide bonds. The molecule has 0 bridgehead atoms. The molecule has 4 rings (SSSR count). The SMILES string of the molecule is Cc1cnncc1-c1n[nH]c(N2CCC[C@H](Cc3ccc(F)c(F)c3C(F)F)C2=O)n1. The second-order valence-electron chi connectivity index (χ2n) is 7.34. The summed E-state index contributed by atoms with van der Waals surface area (Å²) in [6.07, 6.45) is 0.796. The van der Waals surface area contributed by atoms with Gasteiger partial charge in [-0.3, -0.25) is 9.69 Å². The fourth-order valence-electron chi connectivity index (χ4n) is 3.75. The van der Waals surface area contributed by atoms with E-state index >= 15 is 0 Å². The van der Waals surface area contributed by atoms with Crippen LogP contribution in [0.15, 0.2) is 24.5 Å². The Labute approximate surface area is 174 Å². The van der Waals surface area contributed by atoms with Crippen LogP contribution in [0.1, 0.15) is 36.0 Å². The summed E-state index contributed by atoms with van der Waals surface area (Å²) in [5.41, 5.74) is 0.390. The molecule has 1 N–H and O–H groups in total. The van der Waals surface area contributed by atoms with Crippen LogP contribution in [0.5, 0.6) is 0 Å². The van der Waals surface area contributed by atoms with Gasteiger partial charge >= 0.3 is 0 Å². The van der Waals surface area contributed by atoms with Crippen molar-refractivity contribution < 1.29 is 22.4 Å². The van der Waals surface area contributed by atoms with Gasteiger partial charge in [-0.2, -0.15) is 20.3 Å². The Morgan fingerprint density at radius 3 is 2.74 bits per heavy atom. The number of hydrogen-bond acceptors (Lipinski definition) is 5. The van der Waals surface area contributed by atoms with Gasteiger partial charge in [-0.1, -0.05) is 6.07 Å². The molecule has 0 aliphatic carbocycles. The van der Waals surface area contributed by atoms with Crippen molar-refractivity contribution in [2.75, 3.05) is 11.4 Å². The van der Waals surface area contributed by atoms with E-state index in [-0.39, 0.29) is 23.8 Å². The molecule has 1 aliphatic heterocycles. The highest BCUT2D eigenvalue weighted by Crippen LogP contribution is 2.32.